The molecule has 0 N–H and O–H groups in total. The van der Waals surface area contributed by atoms with Gasteiger partial charge in [-0.05, 0) is 25.1 Å². The summed E-state index contributed by atoms with van der Waals surface area (Å²) < 4.78 is 32.3. The highest BCUT2D eigenvalue weighted by Gasteiger charge is 2.29. The Labute approximate surface area is 136 Å². The zero-order valence-electron chi connectivity index (χ0n) is 13.2. The normalized spacial score (nSPS) is 12.7. The van der Waals surface area contributed by atoms with Crippen LogP contribution in [0.3, 0.4) is 0 Å². The Kier molecular flexibility index (Phi) is 5.04. The van der Waals surface area contributed by atoms with Gasteiger partial charge < -0.3 is 4.74 Å². The van der Waals surface area contributed by atoms with Crippen LogP contribution >= 0.6 is 0 Å². The molecule has 0 bridgehead atoms. The molecule has 5 nitrogen and oxygen atoms in total. The molecule has 0 amide bonds. The molecule has 120 valence electrons. The highest BCUT2D eigenvalue weighted by atomic mass is 32.2. The lowest BCUT2D eigenvalue weighted by Crippen LogP contribution is -2.30. The van der Waals surface area contributed by atoms with E-state index in [0.717, 1.165) is 5.56 Å². The summed E-state index contributed by atoms with van der Waals surface area (Å²) in [5.41, 5.74) is 0.891. The maximum atomic E-state index is 12.9. The summed E-state index contributed by atoms with van der Waals surface area (Å²) in [4.78, 5) is 0.00625. The van der Waals surface area contributed by atoms with Crippen LogP contribution in [0, 0.1) is 11.3 Å². The van der Waals surface area contributed by atoms with Gasteiger partial charge in [0.05, 0.1) is 23.6 Å². The molecular weight excluding hydrogens is 312 g/mol. The second kappa shape index (κ2) is 6.82. The molecule has 0 saturated carbocycles. The Morgan fingerprint density at radius 3 is 2.39 bits per heavy atom. The lowest BCUT2D eigenvalue weighted by Gasteiger charge is -2.26. The fourth-order valence-corrected chi connectivity index (χ4v) is 3.84. The minimum Gasteiger partial charge on any atom is -0.496 e. The Balaban J connectivity index is 2.46. The van der Waals surface area contributed by atoms with Crippen LogP contribution in [-0.2, 0) is 10.0 Å². The lowest BCUT2D eigenvalue weighted by molar-refractivity contribution is 0.367. The first-order valence-corrected chi connectivity index (χ1v) is 8.47. The van der Waals surface area contributed by atoms with Crippen molar-refractivity contribution in [2.75, 3.05) is 14.2 Å². The summed E-state index contributed by atoms with van der Waals surface area (Å²) in [6, 6.07) is 14.9. The first-order valence-electron chi connectivity index (χ1n) is 7.03. The molecule has 1 unspecified atom stereocenters. The van der Waals surface area contributed by atoms with E-state index in [0.29, 0.717) is 5.75 Å². The Bertz CT molecular complexity index is 841. The van der Waals surface area contributed by atoms with Gasteiger partial charge >= 0.3 is 0 Å². The van der Waals surface area contributed by atoms with Crippen molar-refractivity contribution in [1.29, 1.82) is 5.26 Å². The van der Waals surface area contributed by atoms with Gasteiger partial charge in [0.25, 0.3) is 0 Å². The molecule has 0 spiro atoms. The maximum Gasteiger partial charge on any atom is 0.244 e. The molecule has 0 fully saturated rings. The van der Waals surface area contributed by atoms with E-state index in [9.17, 15) is 8.42 Å². The van der Waals surface area contributed by atoms with Gasteiger partial charge in [-0.25, -0.2) is 8.42 Å². The van der Waals surface area contributed by atoms with Gasteiger partial charge in [-0.3, -0.25) is 0 Å². The largest absolute Gasteiger partial charge is 0.496 e. The number of rotatable bonds is 5. The smallest absolute Gasteiger partial charge is 0.244 e. The number of nitrogens with zero attached hydrogens (tertiary/aromatic N) is 2. The summed E-state index contributed by atoms with van der Waals surface area (Å²) in [5, 5.41) is 9.15. The van der Waals surface area contributed by atoms with E-state index in [-0.39, 0.29) is 10.5 Å². The van der Waals surface area contributed by atoms with Gasteiger partial charge in [0.15, 0.2) is 0 Å². The monoisotopic (exact) mass is 330 g/mol. The van der Waals surface area contributed by atoms with Gasteiger partial charge in [0.2, 0.25) is 10.0 Å². The number of sulfonamides is 1. The molecule has 23 heavy (non-hydrogen) atoms. The molecule has 0 saturated heterocycles. The minimum absolute atomic E-state index is 0.00625. The van der Waals surface area contributed by atoms with E-state index < -0.39 is 16.1 Å². The molecule has 0 aliphatic rings. The first kappa shape index (κ1) is 17.0. The number of methoxy groups -OCH3 is 1. The highest BCUT2D eigenvalue weighted by Crippen LogP contribution is 2.32. The molecule has 1 atom stereocenters. The van der Waals surface area contributed by atoms with E-state index in [2.05, 4.69) is 0 Å². The van der Waals surface area contributed by atoms with E-state index in [1.165, 1.54) is 23.5 Å². The van der Waals surface area contributed by atoms with Crippen molar-refractivity contribution >= 4 is 10.0 Å². The molecular formula is C17H18N2O3S. The van der Waals surface area contributed by atoms with E-state index in [4.69, 9.17) is 10.00 Å². The predicted molar refractivity (Wildman–Crippen MR) is 87.5 cm³/mol. The van der Waals surface area contributed by atoms with Crippen LogP contribution in [0.5, 0.6) is 5.75 Å². The van der Waals surface area contributed by atoms with Crippen LogP contribution in [-0.4, -0.2) is 26.9 Å². The Morgan fingerprint density at radius 1 is 1.13 bits per heavy atom. The second-order valence-corrected chi connectivity index (χ2v) is 7.01. The van der Waals surface area contributed by atoms with Crippen LogP contribution in [0.1, 0.15) is 24.1 Å². The third kappa shape index (κ3) is 3.21. The van der Waals surface area contributed by atoms with Crippen molar-refractivity contribution < 1.29 is 13.2 Å². The fourth-order valence-electron chi connectivity index (χ4n) is 2.35. The van der Waals surface area contributed by atoms with Crippen LogP contribution in [0.2, 0.25) is 0 Å². The maximum absolute atomic E-state index is 12.9. The molecule has 2 aromatic carbocycles. The third-order valence-electron chi connectivity index (χ3n) is 3.80. The van der Waals surface area contributed by atoms with E-state index >= 15 is 0 Å². The Morgan fingerprint density at radius 2 is 1.74 bits per heavy atom. The number of nitriles is 1. The van der Waals surface area contributed by atoms with Crippen molar-refractivity contribution in [2.45, 2.75) is 17.9 Å². The summed E-state index contributed by atoms with van der Waals surface area (Å²) in [6.07, 6.45) is 0. The van der Waals surface area contributed by atoms with Crippen LogP contribution in [0.25, 0.3) is 0 Å². The molecule has 0 aliphatic heterocycles. The molecule has 0 aliphatic carbocycles. The average Bonchev–Trinajstić information content (AvgIpc) is 2.60. The van der Waals surface area contributed by atoms with E-state index in [1.807, 2.05) is 24.3 Å². The fraction of sp³-hybridized carbons (Fsp3) is 0.235. The highest BCUT2D eigenvalue weighted by molar-refractivity contribution is 7.89. The van der Waals surface area contributed by atoms with Crippen molar-refractivity contribution in [3.8, 4) is 11.8 Å². The molecule has 0 heterocycles. The topological polar surface area (TPSA) is 70.4 Å². The first-order chi connectivity index (χ1) is 10.9. The summed E-state index contributed by atoms with van der Waals surface area (Å²) >= 11 is 0. The number of hydrogen-bond donors (Lipinski definition) is 0. The lowest BCUT2D eigenvalue weighted by atomic mass is 10.1. The summed E-state index contributed by atoms with van der Waals surface area (Å²) in [6.45, 7) is 1.78. The van der Waals surface area contributed by atoms with Gasteiger partial charge in [-0.1, -0.05) is 30.3 Å². The summed E-state index contributed by atoms with van der Waals surface area (Å²) in [7, 11) is -0.752. The zero-order valence-corrected chi connectivity index (χ0v) is 14.0. The second-order valence-electron chi connectivity index (χ2n) is 5.05. The minimum atomic E-state index is -3.80. The van der Waals surface area contributed by atoms with Gasteiger partial charge in [0.1, 0.15) is 11.8 Å². The van der Waals surface area contributed by atoms with E-state index in [1.54, 1.807) is 32.2 Å². The van der Waals surface area contributed by atoms with Crippen LogP contribution in [0.15, 0.2) is 53.4 Å². The molecule has 2 aromatic rings. The SMILES string of the molecule is COc1ccccc1C(C)N(C)S(=O)(=O)c1ccccc1C#N. The molecule has 0 aromatic heterocycles. The third-order valence-corrected chi connectivity index (χ3v) is 5.79. The molecule has 2 rings (SSSR count). The molecule has 6 heteroatoms. The van der Waals surface area contributed by atoms with Gasteiger partial charge in [0, 0.05) is 12.6 Å². The number of benzene rings is 2. The average molecular weight is 330 g/mol. The van der Waals surface area contributed by atoms with Crippen molar-refractivity contribution in [3.63, 3.8) is 0 Å². The zero-order chi connectivity index (χ0) is 17.0. The number of ether oxygens (including phenoxy) is 1. The number of hydrogen-bond acceptors (Lipinski definition) is 4. The summed E-state index contributed by atoms with van der Waals surface area (Å²) in [5.74, 6) is 0.621. The van der Waals surface area contributed by atoms with Crippen LogP contribution in [0.4, 0.5) is 0 Å². The Hall–Kier alpha value is -2.36. The predicted octanol–water partition coefficient (Wildman–Crippen LogP) is 2.95. The molecule has 0 radical (unpaired) electrons. The van der Waals surface area contributed by atoms with Gasteiger partial charge in [-0.15, -0.1) is 0 Å². The van der Waals surface area contributed by atoms with Crippen LogP contribution < -0.4 is 4.74 Å². The van der Waals surface area contributed by atoms with Crippen molar-refractivity contribution in [1.82, 2.24) is 4.31 Å². The van der Waals surface area contributed by atoms with Crippen molar-refractivity contribution in [2.24, 2.45) is 0 Å². The van der Waals surface area contributed by atoms with Crippen molar-refractivity contribution in [3.05, 3.63) is 59.7 Å². The quantitative estimate of drug-likeness (QED) is 0.845. The van der Waals surface area contributed by atoms with Gasteiger partial charge in [-0.2, -0.15) is 9.57 Å². The number of para-hydroxylation sites is 1. The standard InChI is InChI=1S/C17H18N2O3S/c1-13(15-9-5-6-10-16(15)22-3)19(2)23(20,21)17-11-7-4-8-14(17)12-18/h4-11,13H,1-3H3.